The van der Waals surface area contributed by atoms with E-state index in [9.17, 15) is 9.18 Å². The first kappa shape index (κ1) is 18.8. The summed E-state index contributed by atoms with van der Waals surface area (Å²) in [5.41, 5.74) is 2.65. The standard InChI is InChI=1S/C20H18ClFN4O/c1-3-26(15-6-4-5-13(2)11-15)20-23-10-9-18(25-20)19(27)24-14-7-8-17(22)16(21)12-14/h4-12H,3H2,1-2H3,(H,24,27). The van der Waals surface area contributed by atoms with Crippen LogP contribution in [-0.2, 0) is 0 Å². The van der Waals surface area contributed by atoms with Crippen LogP contribution in [0, 0.1) is 12.7 Å². The lowest BCUT2D eigenvalue weighted by molar-refractivity contribution is 0.102. The monoisotopic (exact) mass is 384 g/mol. The summed E-state index contributed by atoms with van der Waals surface area (Å²) in [6.07, 6.45) is 1.54. The Labute approximate surface area is 161 Å². The van der Waals surface area contributed by atoms with Crippen LogP contribution >= 0.6 is 11.6 Å². The minimum absolute atomic E-state index is 0.0622. The molecule has 2 aromatic carbocycles. The molecule has 0 aliphatic heterocycles. The molecular formula is C20H18ClFN4O. The second-order valence-electron chi connectivity index (χ2n) is 5.91. The third-order valence-corrected chi connectivity index (χ3v) is 4.21. The third-order valence-electron chi connectivity index (χ3n) is 3.92. The van der Waals surface area contributed by atoms with Gasteiger partial charge in [0.15, 0.2) is 0 Å². The first-order valence-electron chi connectivity index (χ1n) is 8.41. The fourth-order valence-corrected chi connectivity index (χ4v) is 2.79. The first-order chi connectivity index (χ1) is 13.0. The van der Waals surface area contributed by atoms with Crippen LogP contribution in [0.15, 0.2) is 54.7 Å². The molecule has 3 aromatic rings. The molecule has 0 radical (unpaired) electrons. The Bertz CT molecular complexity index is 980. The summed E-state index contributed by atoms with van der Waals surface area (Å²) in [6, 6.07) is 13.5. The van der Waals surface area contributed by atoms with E-state index in [0.29, 0.717) is 18.2 Å². The van der Waals surface area contributed by atoms with E-state index in [1.807, 2.05) is 43.0 Å². The van der Waals surface area contributed by atoms with Crippen LogP contribution in [0.25, 0.3) is 0 Å². The predicted octanol–water partition coefficient (Wildman–Crippen LogP) is 4.99. The van der Waals surface area contributed by atoms with E-state index < -0.39 is 11.7 Å². The van der Waals surface area contributed by atoms with Gasteiger partial charge < -0.3 is 10.2 Å². The van der Waals surface area contributed by atoms with Crippen LogP contribution in [0.5, 0.6) is 0 Å². The fourth-order valence-electron chi connectivity index (χ4n) is 2.61. The summed E-state index contributed by atoms with van der Waals surface area (Å²) in [5, 5.41) is 2.60. The number of aromatic nitrogens is 2. The maximum absolute atomic E-state index is 13.3. The van der Waals surface area contributed by atoms with Gasteiger partial charge in [-0.15, -0.1) is 0 Å². The molecule has 0 saturated carbocycles. The van der Waals surface area contributed by atoms with Crippen LogP contribution in [0.1, 0.15) is 23.0 Å². The van der Waals surface area contributed by atoms with Gasteiger partial charge >= 0.3 is 0 Å². The van der Waals surface area contributed by atoms with Gasteiger partial charge in [0.05, 0.1) is 5.02 Å². The summed E-state index contributed by atoms with van der Waals surface area (Å²) in [4.78, 5) is 23.1. The smallest absolute Gasteiger partial charge is 0.274 e. The number of carbonyl (C=O) groups is 1. The average molecular weight is 385 g/mol. The van der Waals surface area contributed by atoms with Crippen molar-refractivity contribution in [2.45, 2.75) is 13.8 Å². The van der Waals surface area contributed by atoms with E-state index in [-0.39, 0.29) is 10.7 Å². The van der Waals surface area contributed by atoms with Crippen molar-refractivity contribution < 1.29 is 9.18 Å². The Kier molecular flexibility index (Phi) is 5.66. The maximum Gasteiger partial charge on any atom is 0.274 e. The zero-order valence-electron chi connectivity index (χ0n) is 14.9. The van der Waals surface area contributed by atoms with Gasteiger partial charge in [-0.25, -0.2) is 14.4 Å². The molecule has 0 aliphatic rings. The molecule has 0 atom stereocenters. The number of anilines is 3. The van der Waals surface area contributed by atoms with Crippen molar-refractivity contribution in [1.29, 1.82) is 0 Å². The number of nitrogens with one attached hydrogen (secondary N) is 1. The number of halogens is 2. The normalized spacial score (nSPS) is 10.5. The molecular weight excluding hydrogens is 367 g/mol. The number of aryl methyl sites for hydroxylation is 1. The fraction of sp³-hybridized carbons (Fsp3) is 0.150. The minimum atomic E-state index is -0.546. The number of hydrogen-bond acceptors (Lipinski definition) is 4. The molecule has 5 nitrogen and oxygen atoms in total. The molecule has 1 N–H and O–H groups in total. The second kappa shape index (κ2) is 8.14. The van der Waals surface area contributed by atoms with Crippen molar-refractivity contribution in [3.05, 3.63) is 76.8 Å². The van der Waals surface area contributed by atoms with Crippen LogP contribution in [-0.4, -0.2) is 22.4 Å². The van der Waals surface area contributed by atoms with Crippen LogP contribution in [0.3, 0.4) is 0 Å². The summed E-state index contributed by atoms with van der Waals surface area (Å²) >= 11 is 5.75. The number of benzene rings is 2. The highest BCUT2D eigenvalue weighted by molar-refractivity contribution is 6.31. The van der Waals surface area contributed by atoms with Crippen molar-refractivity contribution in [3.8, 4) is 0 Å². The highest BCUT2D eigenvalue weighted by Crippen LogP contribution is 2.23. The lowest BCUT2D eigenvalue weighted by Crippen LogP contribution is -2.21. The SMILES string of the molecule is CCN(c1cccc(C)c1)c1nccc(C(=O)Nc2ccc(F)c(Cl)c2)n1. The number of hydrogen-bond donors (Lipinski definition) is 1. The van der Waals surface area contributed by atoms with E-state index in [0.717, 1.165) is 11.3 Å². The van der Waals surface area contributed by atoms with Crippen molar-refractivity contribution in [2.24, 2.45) is 0 Å². The van der Waals surface area contributed by atoms with Gasteiger partial charge in [0.1, 0.15) is 11.5 Å². The van der Waals surface area contributed by atoms with Crippen molar-refractivity contribution >= 4 is 34.8 Å². The van der Waals surface area contributed by atoms with Gasteiger partial charge in [-0.2, -0.15) is 0 Å². The molecule has 1 amide bonds. The Balaban J connectivity index is 1.85. The Morgan fingerprint density at radius 1 is 1.22 bits per heavy atom. The summed E-state index contributed by atoms with van der Waals surface area (Å²) < 4.78 is 13.3. The second-order valence-corrected chi connectivity index (χ2v) is 6.32. The summed E-state index contributed by atoms with van der Waals surface area (Å²) in [7, 11) is 0. The van der Waals surface area contributed by atoms with Gasteiger partial charge in [-0.05, 0) is 55.8 Å². The number of nitrogens with zero attached hydrogens (tertiary/aromatic N) is 3. The van der Waals surface area contributed by atoms with Crippen molar-refractivity contribution in [3.63, 3.8) is 0 Å². The predicted molar refractivity (Wildman–Crippen MR) is 105 cm³/mol. The molecule has 0 saturated heterocycles. The molecule has 7 heteroatoms. The maximum atomic E-state index is 13.3. The lowest BCUT2D eigenvalue weighted by atomic mass is 10.2. The average Bonchev–Trinajstić information content (AvgIpc) is 2.66. The van der Waals surface area contributed by atoms with Crippen LogP contribution in [0.2, 0.25) is 5.02 Å². The van der Waals surface area contributed by atoms with Gasteiger partial charge in [-0.1, -0.05) is 23.7 Å². The highest BCUT2D eigenvalue weighted by Gasteiger charge is 2.15. The number of rotatable bonds is 5. The zero-order valence-corrected chi connectivity index (χ0v) is 15.7. The molecule has 1 aromatic heterocycles. The largest absolute Gasteiger partial charge is 0.321 e. The Hall–Kier alpha value is -2.99. The molecule has 0 spiro atoms. The molecule has 138 valence electrons. The summed E-state index contributed by atoms with van der Waals surface area (Å²) in [5.74, 6) is -0.551. The summed E-state index contributed by atoms with van der Waals surface area (Å²) in [6.45, 7) is 4.64. The van der Waals surface area contributed by atoms with E-state index in [4.69, 9.17) is 11.6 Å². The lowest BCUT2D eigenvalue weighted by Gasteiger charge is -2.21. The van der Waals surface area contributed by atoms with E-state index in [1.165, 1.54) is 30.5 Å². The van der Waals surface area contributed by atoms with Gasteiger partial charge in [0, 0.05) is 24.1 Å². The molecule has 0 bridgehead atoms. The molecule has 0 fully saturated rings. The molecule has 1 heterocycles. The van der Waals surface area contributed by atoms with Crippen LogP contribution in [0.4, 0.5) is 21.7 Å². The van der Waals surface area contributed by atoms with E-state index in [1.54, 1.807) is 0 Å². The molecule has 27 heavy (non-hydrogen) atoms. The van der Waals surface area contributed by atoms with E-state index >= 15 is 0 Å². The van der Waals surface area contributed by atoms with Crippen molar-refractivity contribution in [1.82, 2.24) is 9.97 Å². The third kappa shape index (κ3) is 4.41. The number of carbonyl (C=O) groups excluding carboxylic acids is 1. The van der Waals surface area contributed by atoms with E-state index in [2.05, 4.69) is 15.3 Å². The molecule has 0 aliphatic carbocycles. The van der Waals surface area contributed by atoms with Gasteiger partial charge in [0.25, 0.3) is 5.91 Å². The Morgan fingerprint density at radius 3 is 2.74 bits per heavy atom. The van der Waals surface area contributed by atoms with Gasteiger partial charge in [-0.3, -0.25) is 4.79 Å². The zero-order chi connectivity index (χ0) is 19.4. The Morgan fingerprint density at radius 2 is 2.04 bits per heavy atom. The topological polar surface area (TPSA) is 58.1 Å². The molecule has 0 unspecified atom stereocenters. The highest BCUT2D eigenvalue weighted by atomic mass is 35.5. The van der Waals surface area contributed by atoms with Crippen LogP contribution < -0.4 is 10.2 Å². The first-order valence-corrected chi connectivity index (χ1v) is 8.79. The van der Waals surface area contributed by atoms with Crippen molar-refractivity contribution in [2.75, 3.05) is 16.8 Å². The quantitative estimate of drug-likeness (QED) is 0.673. The number of amides is 1. The molecule has 3 rings (SSSR count). The minimum Gasteiger partial charge on any atom is -0.321 e. The van der Waals surface area contributed by atoms with Gasteiger partial charge in [0.2, 0.25) is 5.95 Å².